The lowest BCUT2D eigenvalue weighted by Crippen LogP contribution is -2.25. The van der Waals surface area contributed by atoms with E-state index in [2.05, 4.69) is 29.5 Å². The number of amides is 3. The Morgan fingerprint density at radius 1 is 0.821 bits per heavy atom. The molecular weight excluding hydrogens is 498 g/mol. The molecule has 0 aliphatic carbocycles. The quantitative estimate of drug-likeness (QED) is 0.117. The normalized spacial score (nSPS) is 13.3. The van der Waals surface area contributed by atoms with Crippen LogP contribution in [0.25, 0.3) is 0 Å². The first-order valence-electron chi connectivity index (χ1n) is 12.6. The predicted octanol–water partition coefficient (Wildman–Crippen LogP) is 6.99. The summed E-state index contributed by atoms with van der Waals surface area (Å²) < 4.78 is 15.7. The first-order chi connectivity index (χ1) is 18.7. The monoisotopic (exact) mass is 539 g/mol. The van der Waals surface area contributed by atoms with Gasteiger partial charge in [-0.1, -0.05) is 74.6 Å². The van der Waals surface area contributed by atoms with E-state index in [9.17, 15) is 14.4 Å². The summed E-state index contributed by atoms with van der Waals surface area (Å²) in [4.78, 5) is 36.4. The molecule has 0 aromatic carbocycles. The summed E-state index contributed by atoms with van der Waals surface area (Å²) >= 11 is 0. The average Bonchev–Trinajstić information content (AvgIpc) is 2.89. The number of carbonyl (C=O) groups excluding carboxylic acids is 3. The second-order valence-electron chi connectivity index (χ2n) is 7.74. The molecule has 9 nitrogen and oxygen atoms in total. The van der Waals surface area contributed by atoms with Crippen LogP contribution in [0.3, 0.4) is 0 Å². The molecule has 0 spiro atoms. The van der Waals surface area contributed by atoms with Crippen molar-refractivity contribution in [3.05, 3.63) is 108 Å². The van der Waals surface area contributed by atoms with Crippen LogP contribution in [0.4, 0.5) is 14.4 Å². The highest BCUT2D eigenvalue weighted by atomic mass is 16.6. The largest absolute Gasteiger partial charge is 0.445 e. The Labute approximate surface area is 232 Å². The van der Waals surface area contributed by atoms with Crippen molar-refractivity contribution in [3.8, 4) is 0 Å². The molecule has 0 saturated carbocycles. The van der Waals surface area contributed by atoms with Crippen LogP contribution in [0.15, 0.2) is 108 Å². The van der Waals surface area contributed by atoms with Crippen molar-refractivity contribution in [1.29, 1.82) is 0 Å². The molecule has 0 atom stereocenters. The fraction of sp³-hybridized carbons (Fsp3) is 0.300. The molecule has 0 heterocycles. The van der Waals surface area contributed by atoms with E-state index >= 15 is 0 Å². The Hall–Kier alpha value is -4.53. The number of alkyl carbamates (subject to hydrolysis) is 3. The lowest BCUT2D eigenvalue weighted by Gasteiger charge is -2.10. The van der Waals surface area contributed by atoms with Gasteiger partial charge in [-0.2, -0.15) is 0 Å². The van der Waals surface area contributed by atoms with Crippen molar-refractivity contribution in [1.82, 2.24) is 16.0 Å². The maximum Gasteiger partial charge on any atom is 0.416 e. The third kappa shape index (κ3) is 20.2. The Morgan fingerprint density at radius 3 is 2.13 bits per heavy atom. The zero-order valence-electron chi connectivity index (χ0n) is 23.5. The van der Waals surface area contributed by atoms with Gasteiger partial charge in [-0.25, -0.2) is 14.4 Å². The summed E-state index contributed by atoms with van der Waals surface area (Å²) in [6, 6.07) is 0. The SMILES string of the molecule is C=C/C(=C\C(=C/COC(=O)NC/C=C\C=CCCC)OC(=O)N/C(C)=C/C)OC(=O)N/C(C)=C/C=C\C=C/C. The highest BCUT2D eigenvalue weighted by Crippen LogP contribution is 2.09. The molecule has 3 N–H and O–H groups in total. The molecule has 0 aliphatic rings. The molecule has 0 saturated heterocycles. The fourth-order valence-corrected chi connectivity index (χ4v) is 2.36. The first-order valence-corrected chi connectivity index (χ1v) is 12.6. The second kappa shape index (κ2) is 22.7. The average molecular weight is 540 g/mol. The number of ether oxygens (including phenoxy) is 3. The second-order valence-corrected chi connectivity index (χ2v) is 7.74. The van der Waals surface area contributed by atoms with E-state index in [0.29, 0.717) is 11.4 Å². The summed E-state index contributed by atoms with van der Waals surface area (Å²) in [6.07, 6.45) is 22.0. The maximum absolute atomic E-state index is 12.3. The van der Waals surface area contributed by atoms with Crippen molar-refractivity contribution in [2.24, 2.45) is 0 Å². The van der Waals surface area contributed by atoms with Gasteiger partial charge < -0.3 is 19.5 Å². The molecule has 3 amide bonds. The highest BCUT2D eigenvalue weighted by molar-refractivity contribution is 5.72. The van der Waals surface area contributed by atoms with Gasteiger partial charge in [0.05, 0.1) is 0 Å². The summed E-state index contributed by atoms with van der Waals surface area (Å²) in [6.45, 7) is 12.8. The van der Waals surface area contributed by atoms with E-state index < -0.39 is 18.3 Å². The minimum atomic E-state index is -0.779. The fourth-order valence-electron chi connectivity index (χ4n) is 2.36. The smallest absolute Gasteiger partial charge is 0.416 e. The number of carbonyl (C=O) groups is 3. The number of hydrogen-bond donors (Lipinski definition) is 3. The minimum absolute atomic E-state index is 0.00252. The van der Waals surface area contributed by atoms with Gasteiger partial charge in [-0.3, -0.25) is 10.6 Å². The topological polar surface area (TPSA) is 115 Å². The van der Waals surface area contributed by atoms with Crippen LogP contribution in [-0.2, 0) is 14.2 Å². The molecule has 0 aromatic heterocycles. The van der Waals surface area contributed by atoms with Gasteiger partial charge in [0.15, 0.2) is 0 Å². The van der Waals surface area contributed by atoms with Crippen LogP contribution in [0.2, 0.25) is 0 Å². The number of rotatable bonds is 15. The molecule has 9 heteroatoms. The summed E-state index contributed by atoms with van der Waals surface area (Å²) in [7, 11) is 0. The number of allylic oxidation sites excluding steroid dienone is 13. The minimum Gasteiger partial charge on any atom is -0.445 e. The number of nitrogens with one attached hydrogen (secondary N) is 3. The highest BCUT2D eigenvalue weighted by Gasteiger charge is 2.10. The molecule has 0 bridgehead atoms. The lowest BCUT2D eigenvalue weighted by molar-refractivity contribution is 0.157. The van der Waals surface area contributed by atoms with Crippen molar-refractivity contribution in [2.75, 3.05) is 13.2 Å². The maximum atomic E-state index is 12.3. The molecular formula is C30H41N3O6. The van der Waals surface area contributed by atoms with Gasteiger partial charge in [0, 0.05) is 24.0 Å². The van der Waals surface area contributed by atoms with Crippen molar-refractivity contribution < 1.29 is 28.6 Å². The predicted molar refractivity (Wildman–Crippen MR) is 155 cm³/mol. The lowest BCUT2D eigenvalue weighted by atomic mass is 10.3. The number of unbranched alkanes of at least 4 members (excludes halogenated alkanes) is 1. The van der Waals surface area contributed by atoms with E-state index in [0.717, 1.165) is 12.8 Å². The van der Waals surface area contributed by atoms with E-state index in [1.807, 2.05) is 43.4 Å². The number of hydrogen-bond acceptors (Lipinski definition) is 6. The van der Waals surface area contributed by atoms with Gasteiger partial charge in [-0.15, -0.1) is 0 Å². The standard InChI is InChI=1S/C30H41N3O6/c1-7-11-13-15-16-18-21-31-28(34)37-22-20-27(39-29(35)32-24(5)9-3)23-26(10-4)38-30(36)33-25(6)19-17-14-12-8-2/h8-10,12-20,23H,4,7,11,21-22H2,1-3,5-6H3,(H,31,34)(H,32,35)(H,33,36)/b12-8-,15-13?,17-14-,18-16-,24-9+,25-19+,26-23+,27-20+. The van der Waals surface area contributed by atoms with E-state index in [4.69, 9.17) is 14.2 Å². The zero-order chi connectivity index (χ0) is 29.3. The van der Waals surface area contributed by atoms with Crippen molar-refractivity contribution in [2.45, 2.75) is 47.5 Å². The van der Waals surface area contributed by atoms with Crippen LogP contribution in [0, 0.1) is 0 Å². The van der Waals surface area contributed by atoms with E-state index in [1.165, 1.54) is 18.2 Å². The van der Waals surface area contributed by atoms with Crippen LogP contribution in [0.1, 0.15) is 47.5 Å². The molecule has 39 heavy (non-hydrogen) atoms. The Balaban J connectivity index is 5.32. The first kappa shape index (κ1) is 34.5. The molecule has 0 rings (SSSR count). The van der Waals surface area contributed by atoms with E-state index in [-0.39, 0.29) is 24.7 Å². The van der Waals surface area contributed by atoms with Gasteiger partial charge in [0.2, 0.25) is 0 Å². The summed E-state index contributed by atoms with van der Waals surface area (Å²) in [5, 5.41) is 7.68. The molecule has 0 radical (unpaired) electrons. The van der Waals surface area contributed by atoms with E-state index in [1.54, 1.807) is 45.1 Å². The molecule has 0 aromatic rings. The van der Waals surface area contributed by atoms with Crippen LogP contribution in [-0.4, -0.2) is 31.4 Å². The van der Waals surface area contributed by atoms with Gasteiger partial charge in [0.1, 0.15) is 18.1 Å². The zero-order valence-corrected chi connectivity index (χ0v) is 23.5. The Morgan fingerprint density at radius 2 is 1.49 bits per heavy atom. The van der Waals surface area contributed by atoms with Crippen LogP contribution in [0.5, 0.6) is 0 Å². The summed E-state index contributed by atoms with van der Waals surface area (Å²) in [5.41, 5.74) is 1.12. The molecule has 0 fully saturated rings. The van der Waals surface area contributed by atoms with Crippen molar-refractivity contribution >= 4 is 18.3 Å². The summed E-state index contributed by atoms with van der Waals surface area (Å²) in [5.74, 6) is -0.0355. The van der Waals surface area contributed by atoms with Crippen molar-refractivity contribution in [3.63, 3.8) is 0 Å². The molecule has 0 aliphatic heterocycles. The Bertz CT molecular complexity index is 1040. The van der Waals surface area contributed by atoms with Gasteiger partial charge in [0.25, 0.3) is 0 Å². The third-order valence-corrected chi connectivity index (χ3v) is 4.40. The van der Waals surface area contributed by atoms with Crippen LogP contribution >= 0.6 is 0 Å². The molecule has 0 unspecified atom stereocenters. The van der Waals surface area contributed by atoms with Crippen LogP contribution < -0.4 is 16.0 Å². The van der Waals surface area contributed by atoms with Gasteiger partial charge in [-0.05, 0) is 52.3 Å². The molecule has 212 valence electrons. The van der Waals surface area contributed by atoms with Gasteiger partial charge >= 0.3 is 18.3 Å². The Kier molecular flexibility index (Phi) is 20.0. The third-order valence-electron chi connectivity index (χ3n) is 4.40.